The molecule has 0 spiro atoms. The van der Waals surface area contributed by atoms with Crippen molar-refractivity contribution in [3.63, 3.8) is 0 Å². The van der Waals surface area contributed by atoms with Gasteiger partial charge >= 0.3 is 12.1 Å². The number of carbonyl (C=O) groups excluding carboxylic acids is 3. The molecule has 26 heavy (non-hydrogen) atoms. The predicted octanol–water partition coefficient (Wildman–Crippen LogP) is 2.77. The van der Waals surface area contributed by atoms with Gasteiger partial charge in [0.1, 0.15) is 5.60 Å². The molecule has 2 rings (SSSR count). The summed E-state index contributed by atoms with van der Waals surface area (Å²) < 4.78 is 10.5. The molecule has 0 fully saturated rings. The number of amides is 2. The van der Waals surface area contributed by atoms with Crippen molar-refractivity contribution < 1.29 is 23.9 Å². The van der Waals surface area contributed by atoms with E-state index in [1.807, 2.05) is 12.1 Å². The third-order valence-electron chi connectivity index (χ3n) is 3.61. The van der Waals surface area contributed by atoms with Crippen molar-refractivity contribution in [1.82, 2.24) is 5.32 Å². The molecule has 1 aliphatic heterocycles. The van der Waals surface area contributed by atoms with E-state index in [4.69, 9.17) is 9.47 Å². The number of anilines is 1. The van der Waals surface area contributed by atoms with E-state index in [-0.39, 0.29) is 18.4 Å². The maximum absolute atomic E-state index is 12.6. The van der Waals surface area contributed by atoms with Crippen molar-refractivity contribution in [1.29, 1.82) is 0 Å². The van der Waals surface area contributed by atoms with Crippen molar-refractivity contribution >= 4 is 23.7 Å². The van der Waals surface area contributed by atoms with Gasteiger partial charge in [0.15, 0.2) is 0 Å². The lowest BCUT2D eigenvalue weighted by atomic mass is 10.0. The van der Waals surface area contributed by atoms with Crippen LogP contribution in [0.25, 0.3) is 0 Å². The lowest BCUT2D eigenvalue weighted by Crippen LogP contribution is -2.58. The first-order valence-corrected chi connectivity index (χ1v) is 8.68. The molecular formula is C19H26N2O5. The number of fused-ring (bicyclic) bond motifs is 1. The van der Waals surface area contributed by atoms with Crippen LogP contribution in [0.4, 0.5) is 10.5 Å². The van der Waals surface area contributed by atoms with Gasteiger partial charge in [-0.2, -0.15) is 0 Å². The summed E-state index contributed by atoms with van der Waals surface area (Å²) in [5, 5.41) is 2.49. The minimum atomic E-state index is -1.29. The highest BCUT2D eigenvalue weighted by Crippen LogP contribution is 2.29. The highest BCUT2D eigenvalue weighted by atomic mass is 16.6. The fourth-order valence-corrected chi connectivity index (χ4v) is 2.68. The second-order valence-corrected chi connectivity index (χ2v) is 7.43. The molecule has 0 aromatic heterocycles. The molecular weight excluding hydrogens is 336 g/mol. The zero-order valence-electron chi connectivity index (χ0n) is 15.9. The van der Waals surface area contributed by atoms with Crippen LogP contribution in [-0.2, 0) is 25.5 Å². The first-order valence-electron chi connectivity index (χ1n) is 8.68. The number of nitrogens with one attached hydrogen (secondary N) is 1. The van der Waals surface area contributed by atoms with E-state index in [2.05, 4.69) is 5.32 Å². The van der Waals surface area contributed by atoms with Crippen LogP contribution in [0.15, 0.2) is 24.3 Å². The number of para-hydroxylation sites is 1. The first kappa shape index (κ1) is 19.8. The highest BCUT2D eigenvalue weighted by molar-refractivity contribution is 6.02. The van der Waals surface area contributed by atoms with E-state index in [9.17, 15) is 14.4 Å². The number of aryl methyl sites for hydroxylation is 1. The number of carbonyl (C=O) groups is 3. The molecule has 1 heterocycles. The molecule has 1 atom stereocenters. The summed E-state index contributed by atoms with van der Waals surface area (Å²) in [6, 6.07) is 7.30. The number of benzene rings is 1. The predicted molar refractivity (Wildman–Crippen MR) is 96.6 cm³/mol. The van der Waals surface area contributed by atoms with Crippen molar-refractivity contribution in [2.45, 2.75) is 65.3 Å². The molecule has 7 nitrogen and oxygen atoms in total. The van der Waals surface area contributed by atoms with Crippen LogP contribution >= 0.6 is 0 Å². The topological polar surface area (TPSA) is 84.9 Å². The van der Waals surface area contributed by atoms with Gasteiger partial charge in [-0.3, -0.25) is 15.0 Å². The second kappa shape index (κ2) is 7.76. The summed E-state index contributed by atoms with van der Waals surface area (Å²) in [6.45, 7) is 8.56. The summed E-state index contributed by atoms with van der Waals surface area (Å²) in [5.74, 6) is -0.971. The maximum atomic E-state index is 12.6. The van der Waals surface area contributed by atoms with Crippen LogP contribution in [-0.4, -0.2) is 35.8 Å². The monoisotopic (exact) mass is 362 g/mol. The molecule has 1 aromatic carbocycles. The summed E-state index contributed by atoms with van der Waals surface area (Å²) in [5.41, 5.74) is 0.784. The highest BCUT2D eigenvalue weighted by Gasteiger charge is 2.38. The molecule has 0 saturated carbocycles. The van der Waals surface area contributed by atoms with Crippen molar-refractivity contribution in [3.05, 3.63) is 29.8 Å². The van der Waals surface area contributed by atoms with Crippen LogP contribution in [0.1, 0.15) is 46.6 Å². The van der Waals surface area contributed by atoms with Gasteiger partial charge in [0, 0.05) is 12.1 Å². The lowest BCUT2D eigenvalue weighted by molar-refractivity contribution is -0.151. The standard InChI is InChI=1S/C19H26N2O5/c1-12(2)25-17(23)16(20-18(24)26-19(3,4)5)21-14-9-7-6-8-13(14)10-11-15(21)22/h6-9,12,16H,10-11H2,1-5H3,(H,20,24). The molecule has 1 N–H and O–H groups in total. The van der Waals surface area contributed by atoms with Gasteiger partial charge in [0.25, 0.3) is 0 Å². The Morgan fingerprint density at radius 3 is 2.42 bits per heavy atom. The average Bonchev–Trinajstić information content (AvgIpc) is 2.50. The van der Waals surface area contributed by atoms with E-state index in [1.165, 1.54) is 4.90 Å². The Morgan fingerprint density at radius 2 is 1.81 bits per heavy atom. The van der Waals surface area contributed by atoms with Gasteiger partial charge in [-0.1, -0.05) is 18.2 Å². The Kier molecular flexibility index (Phi) is 5.90. The minimum Gasteiger partial charge on any atom is -0.460 e. The van der Waals surface area contributed by atoms with E-state index in [1.54, 1.807) is 46.8 Å². The van der Waals surface area contributed by atoms with E-state index in [0.29, 0.717) is 12.1 Å². The SMILES string of the molecule is CC(C)OC(=O)C(NC(=O)OC(C)(C)C)N1C(=O)CCc2ccccc21. The third kappa shape index (κ3) is 4.97. The summed E-state index contributed by atoms with van der Waals surface area (Å²) in [6.07, 6.45) is -1.64. The fraction of sp³-hybridized carbons (Fsp3) is 0.526. The lowest BCUT2D eigenvalue weighted by Gasteiger charge is -2.35. The number of esters is 1. The third-order valence-corrected chi connectivity index (χ3v) is 3.61. The molecule has 1 aromatic rings. The van der Waals surface area contributed by atoms with Crippen LogP contribution in [0, 0.1) is 0 Å². The number of hydrogen-bond donors (Lipinski definition) is 1. The van der Waals surface area contributed by atoms with Crippen LogP contribution in [0.3, 0.4) is 0 Å². The van der Waals surface area contributed by atoms with E-state index < -0.39 is 23.8 Å². The Bertz CT molecular complexity index is 693. The van der Waals surface area contributed by atoms with Crippen molar-refractivity contribution in [2.75, 3.05) is 4.90 Å². The van der Waals surface area contributed by atoms with Crippen LogP contribution in [0.2, 0.25) is 0 Å². The number of rotatable bonds is 4. The first-order chi connectivity index (χ1) is 12.1. The molecule has 0 aliphatic carbocycles. The molecule has 0 saturated heterocycles. The summed E-state index contributed by atoms with van der Waals surface area (Å²) in [4.78, 5) is 38.7. The van der Waals surface area contributed by atoms with Gasteiger partial charge in [-0.15, -0.1) is 0 Å². The number of alkyl carbamates (subject to hydrolysis) is 1. The molecule has 0 bridgehead atoms. The Balaban J connectivity index is 2.35. The van der Waals surface area contributed by atoms with Gasteiger partial charge in [0.2, 0.25) is 12.1 Å². The maximum Gasteiger partial charge on any atom is 0.409 e. The van der Waals surface area contributed by atoms with Gasteiger partial charge in [-0.05, 0) is 52.7 Å². The van der Waals surface area contributed by atoms with Crippen LogP contribution in [0.5, 0.6) is 0 Å². The Morgan fingerprint density at radius 1 is 1.15 bits per heavy atom. The van der Waals surface area contributed by atoms with E-state index >= 15 is 0 Å². The molecule has 1 aliphatic rings. The van der Waals surface area contributed by atoms with Crippen molar-refractivity contribution in [3.8, 4) is 0 Å². The van der Waals surface area contributed by atoms with Crippen molar-refractivity contribution in [2.24, 2.45) is 0 Å². The van der Waals surface area contributed by atoms with Gasteiger partial charge in [0.05, 0.1) is 6.10 Å². The molecule has 142 valence electrons. The normalized spacial score (nSPS) is 15.3. The summed E-state index contributed by atoms with van der Waals surface area (Å²) in [7, 11) is 0. The Hall–Kier alpha value is -2.57. The number of ether oxygens (including phenoxy) is 2. The molecule has 1 unspecified atom stereocenters. The smallest absolute Gasteiger partial charge is 0.409 e. The molecule has 7 heteroatoms. The second-order valence-electron chi connectivity index (χ2n) is 7.43. The quantitative estimate of drug-likeness (QED) is 0.833. The molecule has 2 amide bonds. The minimum absolute atomic E-state index is 0.248. The van der Waals surface area contributed by atoms with Gasteiger partial charge in [-0.25, -0.2) is 9.59 Å². The fourth-order valence-electron chi connectivity index (χ4n) is 2.68. The number of nitrogens with zero attached hydrogens (tertiary/aromatic N) is 1. The van der Waals surface area contributed by atoms with Gasteiger partial charge < -0.3 is 9.47 Å². The summed E-state index contributed by atoms with van der Waals surface area (Å²) >= 11 is 0. The molecule has 0 radical (unpaired) electrons. The number of hydrogen-bond acceptors (Lipinski definition) is 5. The largest absolute Gasteiger partial charge is 0.460 e. The zero-order valence-corrected chi connectivity index (χ0v) is 15.9. The zero-order chi connectivity index (χ0) is 19.5. The van der Waals surface area contributed by atoms with Crippen LogP contribution < -0.4 is 10.2 Å². The Labute approximate surface area is 153 Å². The average molecular weight is 362 g/mol. The van der Waals surface area contributed by atoms with E-state index in [0.717, 1.165) is 5.56 Å².